The molecular weight excluding hydrogens is 398 g/mol. The topological polar surface area (TPSA) is 66.0 Å². The van der Waals surface area contributed by atoms with E-state index in [1.54, 1.807) is 6.20 Å². The molecular formula is C23H24ClN5O. The molecule has 1 amide bonds. The number of carbonyl (C=O) groups is 1. The number of fused-ring (bicyclic) bond motifs is 1. The van der Waals surface area contributed by atoms with E-state index in [-0.39, 0.29) is 5.91 Å². The van der Waals surface area contributed by atoms with Gasteiger partial charge in [-0.15, -0.1) is 0 Å². The second-order valence-electron chi connectivity index (χ2n) is 7.61. The first-order valence-corrected chi connectivity index (χ1v) is 10.2. The minimum Gasteiger partial charge on any atom is -0.353 e. The van der Waals surface area contributed by atoms with Gasteiger partial charge in [-0.2, -0.15) is 5.10 Å². The second kappa shape index (κ2) is 8.73. The van der Waals surface area contributed by atoms with Crippen LogP contribution in [-0.2, 0) is 6.54 Å². The molecule has 7 heteroatoms. The number of aryl methyl sites for hydroxylation is 1. The summed E-state index contributed by atoms with van der Waals surface area (Å²) in [5.41, 5.74) is 4.15. The first kappa shape index (κ1) is 20.2. The van der Waals surface area contributed by atoms with E-state index in [1.807, 2.05) is 54.9 Å². The third kappa shape index (κ3) is 4.56. The Bertz CT molecular complexity index is 1160. The molecule has 0 spiro atoms. The van der Waals surface area contributed by atoms with Crippen LogP contribution in [0.5, 0.6) is 0 Å². The van der Waals surface area contributed by atoms with E-state index < -0.39 is 0 Å². The lowest BCUT2D eigenvalue weighted by molar-refractivity contribution is 0.102. The van der Waals surface area contributed by atoms with Crippen molar-refractivity contribution in [2.75, 3.05) is 26.0 Å². The average Bonchev–Trinajstić information content (AvgIpc) is 3.35. The van der Waals surface area contributed by atoms with Crippen molar-refractivity contribution in [3.63, 3.8) is 0 Å². The number of halogens is 1. The summed E-state index contributed by atoms with van der Waals surface area (Å²) in [4.78, 5) is 15.3. The van der Waals surface area contributed by atoms with Crippen molar-refractivity contribution in [2.24, 2.45) is 0 Å². The van der Waals surface area contributed by atoms with Gasteiger partial charge < -0.3 is 14.8 Å². The summed E-state index contributed by atoms with van der Waals surface area (Å²) in [6, 6.07) is 13.3. The molecule has 4 rings (SSSR count). The van der Waals surface area contributed by atoms with Gasteiger partial charge in [0.2, 0.25) is 0 Å². The van der Waals surface area contributed by atoms with Crippen LogP contribution in [0.4, 0.5) is 5.69 Å². The molecule has 0 aliphatic rings. The summed E-state index contributed by atoms with van der Waals surface area (Å²) in [6.07, 6.45) is 6.70. The zero-order valence-electron chi connectivity index (χ0n) is 17.0. The molecule has 0 unspecified atom stereocenters. The number of benzene rings is 2. The lowest BCUT2D eigenvalue weighted by atomic mass is 10.0. The van der Waals surface area contributed by atoms with Crippen LogP contribution >= 0.6 is 11.6 Å². The number of carbonyl (C=O) groups excluding carboxylic acids is 1. The van der Waals surface area contributed by atoms with E-state index in [2.05, 4.69) is 39.1 Å². The molecule has 0 saturated heterocycles. The highest BCUT2D eigenvalue weighted by Gasteiger charge is 2.17. The van der Waals surface area contributed by atoms with E-state index in [0.29, 0.717) is 10.6 Å². The normalized spacial score (nSPS) is 11.3. The number of H-pyrrole nitrogens is 1. The highest BCUT2D eigenvalue weighted by Crippen LogP contribution is 2.28. The van der Waals surface area contributed by atoms with Gasteiger partial charge >= 0.3 is 0 Å². The van der Waals surface area contributed by atoms with Crippen molar-refractivity contribution in [3.8, 4) is 11.1 Å². The summed E-state index contributed by atoms with van der Waals surface area (Å²) in [5.74, 6) is -0.144. The molecule has 2 aromatic heterocycles. The SMILES string of the molecule is CN(C)CCCn1cc(C(=O)Nc2ccc3[nH]ncc3c2)c(-c2ccc(Cl)cc2)c1. The van der Waals surface area contributed by atoms with E-state index in [9.17, 15) is 4.79 Å². The van der Waals surface area contributed by atoms with Crippen LogP contribution in [0.15, 0.2) is 61.1 Å². The van der Waals surface area contributed by atoms with Crippen LogP contribution in [0.25, 0.3) is 22.0 Å². The van der Waals surface area contributed by atoms with Crippen LogP contribution in [0.3, 0.4) is 0 Å². The zero-order valence-corrected chi connectivity index (χ0v) is 17.8. The minimum absolute atomic E-state index is 0.144. The number of anilines is 1. The summed E-state index contributed by atoms with van der Waals surface area (Å²) in [5, 5.41) is 11.6. The van der Waals surface area contributed by atoms with Gasteiger partial charge in [-0.05, 0) is 63.0 Å². The standard InChI is InChI=1S/C23H24ClN5O/c1-28(2)10-3-11-29-14-20(16-4-6-18(24)7-5-16)21(15-29)23(30)26-19-8-9-22-17(12-19)13-25-27-22/h4-9,12-15H,3,10-11H2,1-2H3,(H,25,27)(H,26,30). The van der Waals surface area contributed by atoms with Crippen molar-refractivity contribution in [3.05, 3.63) is 71.6 Å². The molecule has 0 bridgehead atoms. The Morgan fingerprint density at radius 1 is 1.17 bits per heavy atom. The van der Waals surface area contributed by atoms with Gasteiger partial charge in [0.15, 0.2) is 0 Å². The Labute approximate surface area is 180 Å². The lowest BCUT2D eigenvalue weighted by Gasteiger charge is -2.09. The summed E-state index contributed by atoms with van der Waals surface area (Å²) >= 11 is 6.05. The molecule has 0 saturated carbocycles. The third-order valence-corrected chi connectivity index (χ3v) is 5.25. The Kier molecular flexibility index (Phi) is 5.88. The van der Waals surface area contributed by atoms with Crippen LogP contribution in [-0.4, -0.2) is 46.2 Å². The smallest absolute Gasteiger partial charge is 0.257 e. The predicted molar refractivity (Wildman–Crippen MR) is 122 cm³/mol. The van der Waals surface area contributed by atoms with Crippen molar-refractivity contribution < 1.29 is 4.79 Å². The molecule has 154 valence electrons. The molecule has 2 aromatic carbocycles. The highest BCUT2D eigenvalue weighted by molar-refractivity contribution is 6.30. The molecule has 2 N–H and O–H groups in total. The van der Waals surface area contributed by atoms with Crippen molar-refractivity contribution in [1.82, 2.24) is 19.7 Å². The van der Waals surface area contributed by atoms with Crippen molar-refractivity contribution >= 4 is 34.1 Å². The molecule has 6 nitrogen and oxygen atoms in total. The van der Waals surface area contributed by atoms with Crippen molar-refractivity contribution in [2.45, 2.75) is 13.0 Å². The number of rotatable bonds is 7. The van der Waals surface area contributed by atoms with Crippen LogP contribution in [0.2, 0.25) is 5.02 Å². The van der Waals surface area contributed by atoms with Crippen LogP contribution in [0, 0.1) is 0 Å². The van der Waals surface area contributed by atoms with E-state index >= 15 is 0 Å². The maximum atomic E-state index is 13.2. The molecule has 0 radical (unpaired) electrons. The van der Waals surface area contributed by atoms with Gasteiger partial charge in [0.1, 0.15) is 0 Å². The second-order valence-corrected chi connectivity index (χ2v) is 8.05. The molecule has 2 heterocycles. The number of amides is 1. The predicted octanol–water partition coefficient (Wildman–Crippen LogP) is 4.89. The molecule has 0 atom stereocenters. The van der Waals surface area contributed by atoms with Gasteiger partial charge in [0.25, 0.3) is 5.91 Å². The minimum atomic E-state index is -0.144. The summed E-state index contributed by atoms with van der Waals surface area (Å²) in [6.45, 7) is 1.83. The van der Waals surface area contributed by atoms with Gasteiger partial charge in [-0.3, -0.25) is 9.89 Å². The Hall–Kier alpha value is -3.09. The van der Waals surface area contributed by atoms with Gasteiger partial charge in [-0.1, -0.05) is 23.7 Å². The number of nitrogens with zero attached hydrogens (tertiary/aromatic N) is 3. The van der Waals surface area contributed by atoms with Crippen LogP contribution in [0.1, 0.15) is 16.8 Å². The first-order valence-electron chi connectivity index (χ1n) is 9.84. The monoisotopic (exact) mass is 421 g/mol. The fraction of sp³-hybridized carbons (Fsp3) is 0.217. The number of hydrogen-bond donors (Lipinski definition) is 2. The maximum Gasteiger partial charge on any atom is 0.257 e. The first-order chi connectivity index (χ1) is 14.5. The molecule has 30 heavy (non-hydrogen) atoms. The molecule has 4 aromatic rings. The van der Waals surface area contributed by atoms with Crippen molar-refractivity contribution in [1.29, 1.82) is 0 Å². The van der Waals surface area contributed by atoms with E-state index in [1.165, 1.54) is 0 Å². The molecule has 0 aliphatic carbocycles. The third-order valence-electron chi connectivity index (χ3n) is 5.00. The summed E-state index contributed by atoms with van der Waals surface area (Å²) in [7, 11) is 4.12. The fourth-order valence-corrected chi connectivity index (χ4v) is 3.59. The maximum absolute atomic E-state index is 13.2. The van der Waals surface area contributed by atoms with Crippen LogP contribution < -0.4 is 5.32 Å². The average molecular weight is 422 g/mol. The van der Waals surface area contributed by atoms with Gasteiger partial charge in [0, 0.05) is 40.6 Å². The number of aromatic nitrogens is 3. The largest absolute Gasteiger partial charge is 0.353 e. The lowest BCUT2D eigenvalue weighted by Crippen LogP contribution is -2.15. The van der Waals surface area contributed by atoms with E-state index in [4.69, 9.17) is 11.6 Å². The highest BCUT2D eigenvalue weighted by atomic mass is 35.5. The zero-order chi connectivity index (χ0) is 21.1. The Balaban J connectivity index is 1.62. The number of hydrogen-bond acceptors (Lipinski definition) is 3. The number of aromatic amines is 1. The summed E-state index contributed by atoms with van der Waals surface area (Å²) < 4.78 is 2.08. The van der Waals surface area contributed by atoms with Gasteiger partial charge in [0.05, 0.1) is 17.3 Å². The Morgan fingerprint density at radius 2 is 1.97 bits per heavy atom. The molecule has 0 aliphatic heterocycles. The molecule has 0 fully saturated rings. The quantitative estimate of drug-likeness (QED) is 0.446. The number of nitrogens with one attached hydrogen (secondary N) is 2. The fourth-order valence-electron chi connectivity index (χ4n) is 3.47. The van der Waals surface area contributed by atoms with Gasteiger partial charge in [-0.25, -0.2) is 0 Å². The van der Waals surface area contributed by atoms with E-state index in [0.717, 1.165) is 47.2 Å². The Morgan fingerprint density at radius 3 is 2.73 bits per heavy atom.